The Hall–Kier alpha value is -3.11. The van der Waals surface area contributed by atoms with E-state index in [1.165, 1.54) is 12.1 Å². The predicted molar refractivity (Wildman–Crippen MR) is 96.1 cm³/mol. The highest BCUT2D eigenvalue weighted by Crippen LogP contribution is 2.37. The normalized spacial score (nSPS) is 15.8. The molecule has 1 aliphatic rings. The average Bonchev–Trinajstić information content (AvgIpc) is 3.30. The van der Waals surface area contributed by atoms with Crippen LogP contribution in [0.5, 0.6) is 11.5 Å². The van der Waals surface area contributed by atoms with Crippen molar-refractivity contribution in [2.24, 2.45) is 0 Å². The Bertz CT molecular complexity index is 911. The van der Waals surface area contributed by atoms with Gasteiger partial charge in [0.1, 0.15) is 17.0 Å². The summed E-state index contributed by atoms with van der Waals surface area (Å²) in [6.45, 7) is -4.66. The first kappa shape index (κ1) is 21.6. The number of halogens is 4. The molecule has 1 aromatic carbocycles. The number of aryl methyl sites for hydroxylation is 1. The molecular formula is C19H19F4N3O4. The molecule has 0 aliphatic heterocycles. The zero-order chi connectivity index (χ0) is 21.7. The highest BCUT2D eigenvalue weighted by Gasteiger charge is 2.40. The highest BCUT2D eigenvalue weighted by molar-refractivity contribution is 5.92. The molecule has 0 atom stereocenters. The predicted octanol–water partition coefficient (Wildman–Crippen LogP) is 4.18. The Morgan fingerprint density at radius 3 is 2.50 bits per heavy atom. The molecule has 162 valence electrons. The van der Waals surface area contributed by atoms with Crippen molar-refractivity contribution in [3.63, 3.8) is 0 Å². The van der Waals surface area contributed by atoms with Gasteiger partial charge in [-0.15, -0.1) is 0 Å². The van der Waals surface area contributed by atoms with Crippen LogP contribution in [-0.2, 0) is 10.3 Å². The van der Waals surface area contributed by atoms with Gasteiger partial charge in [-0.2, -0.15) is 22.5 Å². The molecule has 0 bridgehead atoms. The first-order chi connectivity index (χ1) is 14.3. The minimum Gasteiger partial charge on any atom is -0.435 e. The minimum absolute atomic E-state index is 0.0861. The lowest BCUT2D eigenvalue weighted by atomic mass is 9.96. The molecule has 0 saturated heterocycles. The summed E-state index contributed by atoms with van der Waals surface area (Å²) in [5.74, 6) is -0.498. The molecule has 1 amide bonds. The van der Waals surface area contributed by atoms with Gasteiger partial charge in [-0.25, -0.2) is 0 Å². The fourth-order valence-electron chi connectivity index (χ4n) is 3.35. The first-order valence-electron chi connectivity index (χ1n) is 9.12. The highest BCUT2D eigenvalue weighted by atomic mass is 19.3. The van der Waals surface area contributed by atoms with Gasteiger partial charge in [0.15, 0.2) is 5.82 Å². The number of ether oxygens (including phenoxy) is 2. The van der Waals surface area contributed by atoms with Crippen LogP contribution in [0.4, 0.5) is 17.6 Å². The lowest BCUT2D eigenvalue weighted by Crippen LogP contribution is -2.44. The fraction of sp³-hybridized carbons (Fsp3) is 0.421. The number of carbonyl (C=O) groups is 1. The van der Waals surface area contributed by atoms with E-state index in [1.54, 1.807) is 6.92 Å². The van der Waals surface area contributed by atoms with Crippen molar-refractivity contribution in [3.05, 3.63) is 41.6 Å². The van der Waals surface area contributed by atoms with Crippen LogP contribution in [-0.4, -0.2) is 29.3 Å². The van der Waals surface area contributed by atoms with Gasteiger partial charge in [0.05, 0.1) is 0 Å². The second-order valence-corrected chi connectivity index (χ2v) is 6.71. The van der Waals surface area contributed by atoms with E-state index < -0.39 is 30.4 Å². The van der Waals surface area contributed by atoms with E-state index in [-0.39, 0.29) is 11.3 Å². The number of nitrogens with zero attached hydrogens (tertiary/aromatic N) is 2. The fourth-order valence-corrected chi connectivity index (χ4v) is 3.35. The zero-order valence-corrected chi connectivity index (χ0v) is 15.9. The minimum atomic E-state index is -3.18. The van der Waals surface area contributed by atoms with E-state index in [4.69, 9.17) is 4.52 Å². The Morgan fingerprint density at radius 1 is 1.20 bits per heavy atom. The number of nitrogens with one attached hydrogen (secondary N) is 1. The standard InChI is InChI=1S/C19H19F4N3O4/c1-11-24-16(26-30-11)19(8-2-3-9-19)25-15(27)7-5-12-4-6-13(28-17(20)21)10-14(12)29-18(22)23/h4-7,10,17-18H,2-3,8-9H2,1H3,(H,25,27)/b7-5+. The van der Waals surface area contributed by atoms with Crippen molar-refractivity contribution in [1.29, 1.82) is 0 Å². The first-order valence-corrected chi connectivity index (χ1v) is 9.12. The number of amides is 1. The molecular weight excluding hydrogens is 410 g/mol. The molecule has 0 radical (unpaired) electrons. The van der Waals surface area contributed by atoms with E-state index in [1.807, 2.05) is 0 Å². The van der Waals surface area contributed by atoms with Crippen LogP contribution in [0.25, 0.3) is 6.08 Å². The molecule has 1 aromatic heterocycles. The molecule has 7 nitrogen and oxygen atoms in total. The summed E-state index contributed by atoms with van der Waals surface area (Å²) in [7, 11) is 0. The Kier molecular flexibility index (Phi) is 6.58. The molecule has 30 heavy (non-hydrogen) atoms. The largest absolute Gasteiger partial charge is 0.435 e. The molecule has 0 spiro atoms. The maximum atomic E-state index is 12.7. The van der Waals surface area contributed by atoms with Crippen LogP contribution < -0.4 is 14.8 Å². The number of benzene rings is 1. The second-order valence-electron chi connectivity index (χ2n) is 6.71. The number of hydrogen-bond donors (Lipinski definition) is 1. The lowest BCUT2D eigenvalue weighted by molar-refractivity contribution is -0.118. The number of hydrogen-bond acceptors (Lipinski definition) is 6. The Labute approximate surface area is 169 Å². The third kappa shape index (κ3) is 5.28. The van der Waals surface area contributed by atoms with Crippen molar-refractivity contribution >= 4 is 12.0 Å². The number of rotatable bonds is 8. The van der Waals surface area contributed by atoms with E-state index in [0.717, 1.165) is 31.1 Å². The zero-order valence-electron chi connectivity index (χ0n) is 15.9. The lowest BCUT2D eigenvalue weighted by Gasteiger charge is -2.26. The second kappa shape index (κ2) is 9.14. The molecule has 1 aliphatic carbocycles. The number of alkyl halides is 4. The smallest absolute Gasteiger partial charge is 0.387 e. The topological polar surface area (TPSA) is 86.5 Å². The number of aromatic nitrogens is 2. The average molecular weight is 429 g/mol. The van der Waals surface area contributed by atoms with E-state index >= 15 is 0 Å². The van der Waals surface area contributed by atoms with Crippen LogP contribution in [0.3, 0.4) is 0 Å². The summed E-state index contributed by atoms with van der Waals surface area (Å²) in [6.07, 6.45) is 5.37. The summed E-state index contributed by atoms with van der Waals surface area (Å²) < 4.78 is 63.6. The Balaban J connectivity index is 1.77. The molecule has 1 N–H and O–H groups in total. The van der Waals surface area contributed by atoms with Gasteiger partial charge >= 0.3 is 13.2 Å². The van der Waals surface area contributed by atoms with Crippen LogP contribution >= 0.6 is 0 Å². The van der Waals surface area contributed by atoms with E-state index in [0.29, 0.717) is 24.6 Å². The van der Waals surface area contributed by atoms with Gasteiger partial charge in [0.2, 0.25) is 11.8 Å². The van der Waals surface area contributed by atoms with Gasteiger partial charge in [-0.3, -0.25) is 4.79 Å². The van der Waals surface area contributed by atoms with Gasteiger partial charge in [-0.1, -0.05) is 18.0 Å². The molecule has 1 heterocycles. The van der Waals surface area contributed by atoms with Gasteiger partial charge in [-0.05, 0) is 31.1 Å². The monoisotopic (exact) mass is 429 g/mol. The van der Waals surface area contributed by atoms with Crippen LogP contribution in [0.1, 0.15) is 43.0 Å². The maximum Gasteiger partial charge on any atom is 0.387 e. The SMILES string of the molecule is Cc1nc(C2(NC(=O)/C=C/c3ccc(OC(F)F)cc3OC(F)F)CCCC2)no1. The number of carbonyl (C=O) groups excluding carboxylic acids is 1. The van der Waals surface area contributed by atoms with Crippen molar-refractivity contribution in [2.45, 2.75) is 51.4 Å². The molecule has 3 rings (SSSR count). The summed E-state index contributed by atoms with van der Waals surface area (Å²) in [5, 5.41) is 6.78. The van der Waals surface area contributed by atoms with E-state index in [2.05, 4.69) is 24.9 Å². The van der Waals surface area contributed by atoms with Crippen molar-refractivity contribution < 1.29 is 36.4 Å². The van der Waals surface area contributed by atoms with Gasteiger partial charge in [0.25, 0.3) is 0 Å². The third-order valence-electron chi connectivity index (χ3n) is 4.62. The maximum absolute atomic E-state index is 12.7. The third-order valence-corrected chi connectivity index (χ3v) is 4.62. The van der Waals surface area contributed by atoms with Gasteiger partial charge < -0.3 is 19.3 Å². The summed E-state index contributed by atoms with van der Waals surface area (Å²) in [5.41, 5.74) is -0.681. The molecule has 1 saturated carbocycles. The van der Waals surface area contributed by atoms with Gasteiger partial charge in [0, 0.05) is 24.6 Å². The van der Waals surface area contributed by atoms with Crippen LogP contribution in [0.2, 0.25) is 0 Å². The molecule has 2 aromatic rings. The molecule has 11 heteroatoms. The van der Waals surface area contributed by atoms with Crippen LogP contribution in [0.15, 0.2) is 28.8 Å². The molecule has 0 unspecified atom stereocenters. The van der Waals surface area contributed by atoms with Crippen molar-refractivity contribution in [1.82, 2.24) is 15.5 Å². The molecule has 1 fully saturated rings. The Morgan fingerprint density at radius 2 is 1.90 bits per heavy atom. The quantitative estimate of drug-likeness (QED) is 0.501. The summed E-state index contributed by atoms with van der Waals surface area (Å²) in [4.78, 5) is 16.7. The van der Waals surface area contributed by atoms with Crippen LogP contribution in [0, 0.1) is 6.92 Å². The summed E-state index contributed by atoms with van der Waals surface area (Å²) in [6, 6.07) is 3.28. The summed E-state index contributed by atoms with van der Waals surface area (Å²) >= 11 is 0. The van der Waals surface area contributed by atoms with Crippen molar-refractivity contribution in [3.8, 4) is 11.5 Å². The van der Waals surface area contributed by atoms with Crippen molar-refractivity contribution in [2.75, 3.05) is 0 Å². The van der Waals surface area contributed by atoms with E-state index in [9.17, 15) is 22.4 Å².